The van der Waals surface area contributed by atoms with Crippen LogP contribution in [0.1, 0.15) is 31.3 Å². The van der Waals surface area contributed by atoms with Crippen molar-refractivity contribution >= 4 is 29.1 Å². The highest BCUT2D eigenvalue weighted by molar-refractivity contribution is 7.13. The van der Waals surface area contributed by atoms with Gasteiger partial charge in [0.15, 0.2) is 12.3 Å². The molecule has 1 aromatic heterocycles. The van der Waals surface area contributed by atoms with Crippen molar-refractivity contribution in [2.75, 3.05) is 27.3 Å². The van der Waals surface area contributed by atoms with Gasteiger partial charge < -0.3 is 19.7 Å². The van der Waals surface area contributed by atoms with Gasteiger partial charge in [-0.15, -0.1) is 11.3 Å². The van der Waals surface area contributed by atoms with Crippen LogP contribution in [0.5, 0.6) is 5.75 Å². The van der Waals surface area contributed by atoms with Gasteiger partial charge in [0.05, 0.1) is 13.7 Å². The quantitative estimate of drug-likeness (QED) is 0.692. The molecule has 0 aliphatic rings. The van der Waals surface area contributed by atoms with E-state index in [1.54, 1.807) is 24.6 Å². The Hall–Kier alpha value is -2.94. The number of thiazole rings is 1. The Morgan fingerprint density at radius 2 is 1.83 bits per heavy atom. The van der Waals surface area contributed by atoms with Gasteiger partial charge >= 0.3 is 5.97 Å². The highest BCUT2D eigenvalue weighted by Crippen LogP contribution is 2.25. The summed E-state index contributed by atoms with van der Waals surface area (Å²) in [5.74, 6) is -0.734. The molecular formula is C20H25N3O5S. The smallest absolute Gasteiger partial charge is 0.358 e. The zero-order chi connectivity index (χ0) is 21.6. The number of likely N-dealkylation sites (N-methyl/N-ethyl adjacent to an activating group) is 1. The number of aromatic nitrogens is 1. The number of amides is 2. The van der Waals surface area contributed by atoms with Crippen LogP contribution in [-0.4, -0.2) is 60.5 Å². The second kappa shape index (κ2) is 9.51. The lowest BCUT2D eigenvalue weighted by molar-refractivity contribution is -0.137. The van der Waals surface area contributed by atoms with Crippen molar-refractivity contribution in [1.82, 2.24) is 15.2 Å². The zero-order valence-corrected chi connectivity index (χ0v) is 18.0. The molecule has 0 aliphatic carbocycles. The average Bonchev–Trinajstić information content (AvgIpc) is 3.14. The number of methoxy groups -OCH3 is 1. The number of nitrogens with zero attached hydrogens (tertiary/aromatic N) is 2. The standard InChI is InChI=1S/C20H25N3O5S/c1-20(2,3)22-16(24)10-23(4)17(25)11-28-19(26)15-12-29-18(21-15)13-6-8-14(27-5)9-7-13/h6-9,12H,10-11H2,1-5H3,(H,22,24). The topological polar surface area (TPSA) is 97.8 Å². The maximum atomic E-state index is 12.2. The normalized spacial score (nSPS) is 10.9. The fraction of sp³-hybridized carbons (Fsp3) is 0.400. The first-order valence-corrected chi connectivity index (χ1v) is 9.79. The molecule has 1 heterocycles. The fourth-order valence-electron chi connectivity index (χ4n) is 2.31. The summed E-state index contributed by atoms with van der Waals surface area (Å²) in [6.07, 6.45) is 0. The Balaban J connectivity index is 1.88. The number of esters is 1. The first-order chi connectivity index (χ1) is 13.6. The van der Waals surface area contributed by atoms with Crippen molar-refractivity contribution in [2.24, 2.45) is 0 Å². The molecule has 156 valence electrons. The lowest BCUT2D eigenvalue weighted by Gasteiger charge is -2.23. The van der Waals surface area contributed by atoms with Crippen LogP contribution in [0, 0.1) is 0 Å². The Morgan fingerprint density at radius 3 is 2.41 bits per heavy atom. The van der Waals surface area contributed by atoms with Crippen molar-refractivity contribution in [1.29, 1.82) is 0 Å². The lowest BCUT2D eigenvalue weighted by atomic mass is 10.1. The van der Waals surface area contributed by atoms with E-state index in [9.17, 15) is 14.4 Å². The second-order valence-electron chi connectivity index (χ2n) is 7.39. The van der Waals surface area contributed by atoms with Crippen molar-refractivity contribution in [3.05, 3.63) is 35.3 Å². The van der Waals surface area contributed by atoms with Gasteiger partial charge in [-0.25, -0.2) is 9.78 Å². The number of rotatable bonds is 7. The molecule has 1 N–H and O–H groups in total. The van der Waals surface area contributed by atoms with Gasteiger partial charge in [0.2, 0.25) is 5.91 Å². The zero-order valence-electron chi connectivity index (χ0n) is 17.1. The monoisotopic (exact) mass is 419 g/mol. The summed E-state index contributed by atoms with van der Waals surface area (Å²) in [5, 5.41) is 4.99. The number of carbonyl (C=O) groups is 3. The molecule has 1 aromatic carbocycles. The predicted octanol–water partition coefficient (Wildman–Crippen LogP) is 2.35. The minimum Gasteiger partial charge on any atom is -0.497 e. The highest BCUT2D eigenvalue weighted by Gasteiger charge is 2.20. The number of nitrogens with one attached hydrogen (secondary N) is 1. The molecular weight excluding hydrogens is 394 g/mol. The third-order valence-electron chi connectivity index (χ3n) is 3.70. The van der Waals surface area contributed by atoms with E-state index in [4.69, 9.17) is 9.47 Å². The summed E-state index contributed by atoms with van der Waals surface area (Å²) in [4.78, 5) is 41.6. The first kappa shape index (κ1) is 22.4. The Labute approximate surface area is 173 Å². The van der Waals surface area contributed by atoms with E-state index < -0.39 is 18.5 Å². The molecule has 8 nitrogen and oxygen atoms in total. The van der Waals surface area contributed by atoms with Gasteiger partial charge in [-0.2, -0.15) is 0 Å². The van der Waals surface area contributed by atoms with Crippen LogP contribution < -0.4 is 10.1 Å². The SMILES string of the molecule is COc1ccc(-c2nc(C(=O)OCC(=O)N(C)CC(=O)NC(C)(C)C)cs2)cc1. The molecule has 2 amide bonds. The number of benzene rings is 1. The molecule has 0 bridgehead atoms. The van der Waals surface area contributed by atoms with E-state index in [2.05, 4.69) is 10.3 Å². The van der Waals surface area contributed by atoms with Crippen molar-refractivity contribution in [3.8, 4) is 16.3 Å². The van der Waals surface area contributed by atoms with E-state index in [0.29, 0.717) is 5.01 Å². The number of ether oxygens (including phenoxy) is 2. The van der Waals surface area contributed by atoms with Gasteiger partial charge in [0.25, 0.3) is 5.91 Å². The molecule has 0 fully saturated rings. The molecule has 0 spiro atoms. The van der Waals surface area contributed by atoms with Gasteiger partial charge in [-0.05, 0) is 45.0 Å². The van der Waals surface area contributed by atoms with Gasteiger partial charge in [-0.3, -0.25) is 9.59 Å². The van der Waals surface area contributed by atoms with Gasteiger partial charge in [0.1, 0.15) is 10.8 Å². The molecule has 0 saturated heterocycles. The molecule has 29 heavy (non-hydrogen) atoms. The van der Waals surface area contributed by atoms with Crippen molar-refractivity contribution in [2.45, 2.75) is 26.3 Å². The Kier molecular flexibility index (Phi) is 7.33. The van der Waals surface area contributed by atoms with Gasteiger partial charge in [-0.1, -0.05) is 0 Å². The average molecular weight is 420 g/mol. The van der Waals surface area contributed by atoms with E-state index in [1.807, 2.05) is 32.9 Å². The van der Waals surface area contributed by atoms with Crippen LogP contribution in [0.25, 0.3) is 10.6 Å². The summed E-state index contributed by atoms with van der Waals surface area (Å²) >= 11 is 1.30. The Morgan fingerprint density at radius 1 is 1.17 bits per heavy atom. The molecule has 0 atom stereocenters. The number of hydrogen-bond acceptors (Lipinski definition) is 7. The van der Waals surface area contributed by atoms with Crippen molar-refractivity contribution in [3.63, 3.8) is 0 Å². The summed E-state index contributed by atoms with van der Waals surface area (Å²) in [6.45, 7) is 4.97. The highest BCUT2D eigenvalue weighted by atomic mass is 32.1. The number of hydrogen-bond donors (Lipinski definition) is 1. The summed E-state index contributed by atoms with van der Waals surface area (Å²) in [5.41, 5.74) is 0.580. The maximum absolute atomic E-state index is 12.2. The van der Waals surface area contributed by atoms with E-state index in [-0.39, 0.29) is 23.7 Å². The maximum Gasteiger partial charge on any atom is 0.358 e. The van der Waals surface area contributed by atoms with E-state index in [0.717, 1.165) is 11.3 Å². The molecule has 0 radical (unpaired) electrons. The molecule has 0 aliphatic heterocycles. The fourth-order valence-corrected chi connectivity index (χ4v) is 3.10. The Bertz CT molecular complexity index is 871. The third kappa shape index (κ3) is 6.86. The minimum atomic E-state index is -0.693. The minimum absolute atomic E-state index is 0.119. The number of carbonyl (C=O) groups excluding carboxylic acids is 3. The van der Waals surface area contributed by atoms with Crippen LogP contribution in [-0.2, 0) is 14.3 Å². The first-order valence-electron chi connectivity index (χ1n) is 8.91. The van der Waals surface area contributed by atoms with Crippen LogP contribution in [0.15, 0.2) is 29.6 Å². The molecule has 0 saturated carbocycles. The summed E-state index contributed by atoms with van der Waals surface area (Å²) < 4.78 is 10.2. The molecule has 2 rings (SSSR count). The van der Waals surface area contributed by atoms with Gasteiger partial charge in [0, 0.05) is 23.5 Å². The largest absolute Gasteiger partial charge is 0.497 e. The van der Waals surface area contributed by atoms with Crippen LogP contribution in [0.4, 0.5) is 0 Å². The second-order valence-corrected chi connectivity index (χ2v) is 8.25. The van der Waals surface area contributed by atoms with Crippen LogP contribution in [0.3, 0.4) is 0 Å². The summed E-state index contributed by atoms with van der Waals surface area (Å²) in [7, 11) is 3.06. The van der Waals surface area contributed by atoms with E-state index >= 15 is 0 Å². The third-order valence-corrected chi connectivity index (χ3v) is 4.59. The van der Waals surface area contributed by atoms with E-state index in [1.165, 1.54) is 23.3 Å². The molecule has 9 heteroatoms. The lowest BCUT2D eigenvalue weighted by Crippen LogP contribution is -2.46. The predicted molar refractivity (Wildman–Crippen MR) is 110 cm³/mol. The molecule has 2 aromatic rings. The van der Waals surface area contributed by atoms with Crippen molar-refractivity contribution < 1.29 is 23.9 Å². The molecule has 0 unspecified atom stereocenters. The van der Waals surface area contributed by atoms with Crippen LogP contribution in [0.2, 0.25) is 0 Å². The van der Waals surface area contributed by atoms with Crippen LogP contribution >= 0.6 is 11.3 Å². The summed E-state index contributed by atoms with van der Waals surface area (Å²) in [6, 6.07) is 7.29.